The van der Waals surface area contributed by atoms with E-state index < -0.39 is 0 Å². The van der Waals surface area contributed by atoms with Gasteiger partial charge in [0.1, 0.15) is 6.04 Å². The molecule has 1 aliphatic heterocycles. The normalized spacial score (nSPS) is 24.5. The maximum atomic E-state index is 11.8. The van der Waals surface area contributed by atoms with Crippen molar-refractivity contribution in [2.45, 2.75) is 57.2 Å². The molecule has 2 aliphatic rings. The summed E-state index contributed by atoms with van der Waals surface area (Å²) >= 11 is 0. The molecule has 0 bridgehead atoms. The number of carbonyl (C=O) groups excluding carboxylic acids is 1. The van der Waals surface area contributed by atoms with Crippen LogP contribution in [-0.2, 0) is 9.53 Å². The van der Waals surface area contributed by atoms with Crippen LogP contribution in [-0.4, -0.2) is 74.2 Å². The number of ether oxygens (including phenoxy) is 1. The Kier molecular flexibility index (Phi) is 6.45. The van der Waals surface area contributed by atoms with E-state index >= 15 is 0 Å². The summed E-state index contributed by atoms with van der Waals surface area (Å²) in [5, 5.41) is 3.40. The quantitative estimate of drug-likeness (QED) is 0.645. The lowest BCUT2D eigenvalue weighted by Crippen LogP contribution is -2.43. The second kappa shape index (κ2) is 8.11. The van der Waals surface area contributed by atoms with Crippen LogP contribution in [0.15, 0.2) is 0 Å². The van der Waals surface area contributed by atoms with Crippen LogP contribution in [0, 0.1) is 0 Å². The van der Waals surface area contributed by atoms with E-state index in [1.54, 1.807) is 0 Å². The predicted molar refractivity (Wildman–Crippen MR) is 84.3 cm³/mol. The van der Waals surface area contributed by atoms with Gasteiger partial charge in [0, 0.05) is 18.6 Å². The molecule has 0 aromatic carbocycles. The van der Waals surface area contributed by atoms with Crippen molar-refractivity contribution in [3.05, 3.63) is 0 Å². The number of nitrogens with one attached hydrogen (secondary N) is 1. The van der Waals surface area contributed by atoms with Crippen molar-refractivity contribution in [1.82, 2.24) is 15.1 Å². The zero-order valence-corrected chi connectivity index (χ0v) is 13.8. The van der Waals surface area contributed by atoms with Gasteiger partial charge in [-0.15, -0.1) is 0 Å². The van der Waals surface area contributed by atoms with Crippen molar-refractivity contribution in [3.8, 4) is 0 Å². The highest BCUT2D eigenvalue weighted by Gasteiger charge is 2.29. The van der Waals surface area contributed by atoms with Crippen molar-refractivity contribution in [2.75, 3.05) is 40.3 Å². The first-order chi connectivity index (χ1) is 10.1. The third-order valence-electron chi connectivity index (χ3n) is 4.73. The molecule has 1 N–H and O–H groups in total. The summed E-state index contributed by atoms with van der Waals surface area (Å²) < 4.78 is 4.91. The summed E-state index contributed by atoms with van der Waals surface area (Å²) in [4.78, 5) is 16.7. The molecule has 0 amide bonds. The van der Waals surface area contributed by atoms with Crippen molar-refractivity contribution in [1.29, 1.82) is 0 Å². The number of hydrogen-bond donors (Lipinski definition) is 1. The Morgan fingerprint density at radius 1 is 1.43 bits per heavy atom. The Balaban J connectivity index is 1.72. The maximum Gasteiger partial charge on any atom is 0.322 e. The van der Waals surface area contributed by atoms with E-state index in [1.165, 1.54) is 39.3 Å². The molecule has 2 fully saturated rings. The van der Waals surface area contributed by atoms with Crippen LogP contribution < -0.4 is 5.32 Å². The number of hydrogen-bond acceptors (Lipinski definition) is 5. The first-order valence-corrected chi connectivity index (χ1v) is 8.40. The molecule has 0 aromatic heterocycles. The van der Waals surface area contributed by atoms with Crippen LogP contribution in [0.2, 0.25) is 0 Å². The van der Waals surface area contributed by atoms with E-state index in [2.05, 4.69) is 29.1 Å². The second-order valence-corrected chi connectivity index (χ2v) is 6.49. The van der Waals surface area contributed by atoms with Gasteiger partial charge in [0.05, 0.1) is 7.11 Å². The molecule has 1 heterocycles. The number of likely N-dealkylation sites (N-methyl/N-ethyl adjacent to an activating group) is 2. The van der Waals surface area contributed by atoms with Crippen LogP contribution in [0.5, 0.6) is 0 Å². The average molecular weight is 297 g/mol. The van der Waals surface area contributed by atoms with Gasteiger partial charge < -0.3 is 15.0 Å². The van der Waals surface area contributed by atoms with Gasteiger partial charge in [-0.25, -0.2) is 0 Å². The SMILES string of the molecule is CCN1CCCC1CN(C)CCC(NC1CC1)C(=O)OC. The summed E-state index contributed by atoms with van der Waals surface area (Å²) in [6.07, 6.45) is 5.84. The first-order valence-electron chi connectivity index (χ1n) is 8.40. The van der Waals surface area contributed by atoms with Crippen LogP contribution in [0.1, 0.15) is 39.0 Å². The van der Waals surface area contributed by atoms with Gasteiger partial charge in [-0.3, -0.25) is 9.69 Å². The van der Waals surface area contributed by atoms with Crippen molar-refractivity contribution in [2.24, 2.45) is 0 Å². The molecule has 1 saturated carbocycles. The van der Waals surface area contributed by atoms with Gasteiger partial charge in [-0.2, -0.15) is 0 Å². The summed E-state index contributed by atoms with van der Waals surface area (Å²) in [6.45, 7) is 6.67. The van der Waals surface area contributed by atoms with Crippen LogP contribution >= 0.6 is 0 Å². The molecule has 0 radical (unpaired) electrons. The van der Waals surface area contributed by atoms with Crippen LogP contribution in [0.25, 0.3) is 0 Å². The minimum atomic E-state index is -0.143. The fourth-order valence-corrected chi connectivity index (χ4v) is 3.26. The van der Waals surface area contributed by atoms with Crippen LogP contribution in [0.3, 0.4) is 0 Å². The first kappa shape index (κ1) is 16.7. The number of methoxy groups -OCH3 is 1. The zero-order chi connectivity index (χ0) is 15.2. The molecular weight excluding hydrogens is 266 g/mol. The Morgan fingerprint density at radius 2 is 2.19 bits per heavy atom. The zero-order valence-electron chi connectivity index (χ0n) is 13.8. The monoisotopic (exact) mass is 297 g/mol. The number of nitrogens with zero attached hydrogens (tertiary/aromatic N) is 2. The number of rotatable bonds is 9. The molecule has 21 heavy (non-hydrogen) atoms. The lowest BCUT2D eigenvalue weighted by Gasteiger charge is -2.28. The Hall–Kier alpha value is -0.650. The minimum absolute atomic E-state index is 0.119. The molecule has 5 heteroatoms. The summed E-state index contributed by atoms with van der Waals surface area (Å²) in [5.74, 6) is -0.119. The highest BCUT2D eigenvalue weighted by molar-refractivity contribution is 5.75. The van der Waals surface area contributed by atoms with E-state index in [-0.39, 0.29) is 12.0 Å². The average Bonchev–Trinajstić information content (AvgIpc) is 3.20. The number of likely N-dealkylation sites (tertiary alicyclic amines) is 1. The van der Waals surface area contributed by atoms with Crippen molar-refractivity contribution < 1.29 is 9.53 Å². The highest BCUT2D eigenvalue weighted by Crippen LogP contribution is 2.21. The van der Waals surface area contributed by atoms with E-state index in [9.17, 15) is 4.79 Å². The largest absolute Gasteiger partial charge is 0.468 e. The smallest absolute Gasteiger partial charge is 0.322 e. The van der Waals surface area contributed by atoms with E-state index in [0.29, 0.717) is 12.1 Å². The maximum absolute atomic E-state index is 11.8. The van der Waals surface area contributed by atoms with Crippen molar-refractivity contribution >= 4 is 5.97 Å². The molecule has 2 rings (SSSR count). The summed E-state index contributed by atoms with van der Waals surface area (Å²) in [5.41, 5.74) is 0. The van der Waals surface area contributed by atoms with E-state index in [0.717, 1.165) is 26.1 Å². The molecular formula is C16H31N3O2. The predicted octanol–water partition coefficient (Wildman–Crippen LogP) is 1.09. The molecule has 0 aromatic rings. The standard InChI is InChI=1S/C16H31N3O2/c1-4-19-10-5-6-14(19)12-18(2)11-9-15(16(20)21-3)17-13-7-8-13/h13-15,17H,4-12H2,1-3H3. The molecule has 1 saturated heterocycles. The molecule has 2 unspecified atom stereocenters. The van der Waals surface area contributed by atoms with Crippen molar-refractivity contribution in [3.63, 3.8) is 0 Å². The third-order valence-corrected chi connectivity index (χ3v) is 4.73. The highest BCUT2D eigenvalue weighted by atomic mass is 16.5. The topological polar surface area (TPSA) is 44.8 Å². The van der Waals surface area contributed by atoms with Gasteiger partial charge in [-0.05, 0) is 58.8 Å². The molecule has 5 nitrogen and oxygen atoms in total. The molecule has 2 atom stereocenters. The summed E-state index contributed by atoms with van der Waals surface area (Å²) in [7, 11) is 3.64. The van der Waals surface area contributed by atoms with Gasteiger partial charge in [-0.1, -0.05) is 6.92 Å². The fourth-order valence-electron chi connectivity index (χ4n) is 3.26. The van der Waals surface area contributed by atoms with E-state index in [4.69, 9.17) is 4.74 Å². The lowest BCUT2D eigenvalue weighted by atomic mass is 10.1. The van der Waals surface area contributed by atoms with Gasteiger partial charge in [0.2, 0.25) is 0 Å². The van der Waals surface area contributed by atoms with Gasteiger partial charge in [0.25, 0.3) is 0 Å². The Morgan fingerprint density at radius 3 is 2.81 bits per heavy atom. The lowest BCUT2D eigenvalue weighted by molar-refractivity contribution is -0.143. The minimum Gasteiger partial charge on any atom is -0.468 e. The molecule has 1 aliphatic carbocycles. The van der Waals surface area contributed by atoms with Gasteiger partial charge >= 0.3 is 5.97 Å². The van der Waals surface area contributed by atoms with Gasteiger partial charge in [0.15, 0.2) is 0 Å². The molecule has 0 spiro atoms. The number of esters is 1. The number of carbonyl (C=O) groups is 1. The van der Waals surface area contributed by atoms with Crippen LogP contribution in [0.4, 0.5) is 0 Å². The molecule has 122 valence electrons. The fraction of sp³-hybridized carbons (Fsp3) is 0.938. The Bertz CT molecular complexity index is 333. The summed E-state index contributed by atoms with van der Waals surface area (Å²) in [6, 6.07) is 1.08. The second-order valence-electron chi connectivity index (χ2n) is 6.49. The third kappa shape index (κ3) is 5.24. The van der Waals surface area contributed by atoms with E-state index in [1.807, 2.05) is 0 Å². The Labute approximate surface area is 129 Å².